The van der Waals surface area contributed by atoms with Gasteiger partial charge < -0.3 is 20.7 Å². The van der Waals surface area contributed by atoms with Crippen LogP contribution in [0.3, 0.4) is 0 Å². The zero-order valence-corrected chi connectivity index (χ0v) is 16.3. The average Bonchev–Trinajstić information content (AvgIpc) is 3.49. The van der Waals surface area contributed by atoms with Gasteiger partial charge in [0.2, 0.25) is 5.95 Å². The molecule has 0 bridgehead atoms. The van der Waals surface area contributed by atoms with Gasteiger partial charge in [-0.2, -0.15) is 18.2 Å². The van der Waals surface area contributed by atoms with E-state index in [0.29, 0.717) is 6.07 Å². The van der Waals surface area contributed by atoms with Crippen LogP contribution in [0.4, 0.5) is 29.3 Å². The van der Waals surface area contributed by atoms with Crippen LogP contribution in [0.2, 0.25) is 0 Å². The topological polar surface area (TPSA) is 105 Å². The van der Waals surface area contributed by atoms with Crippen molar-refractivity contribution < 1.29 is 22.7 Å². The molecular formula is C19H21F4N5O2. The molecule has 1 fully saturated rings. The number of halogens is 4. The molecule has 1 saturated carbocycles. The van der Waals surface area contributed by atoms with E-state index in [1.165, 1.54) is 11.0 Å². The lowest BCUT2D eigenvalue weighted by Gasteiger charge is -2.23. The largest absolute Gasteiger partial charge is 0.419 e. The molecule has 1 aromatic heterocycles. The molecule has 4 N–H and O–H groups in total. The van der Waals surface area contributed by atoms with Crippen molar-refractivity contribution in [1.82, 2.24) is 9.97 Å². The van der Waals surface area contributed by atoms with Crippen LogP contribution in [0.25, 0.3) is 0 Å². The molecule has 1 aromatic carbocycles. The number of alkyl halides is 3. The number of anilines is 2. The van der Waals surface area contributed by atoms with Gasteiger partial charge in [-0.25, -0.2) is 4.39 Å². The Kier molecular flexibility index (Phi) is 5.84. The van der Waals surface area contributed by atoms with Gasteiger partial charge >= 0.3 is 6.18 Å². The first-order valence-electron chi connectivity index (χ1n) is 9.16. The monoisotopic (exact) mass is 427 g/mol. The predicted molar refractivity (Wildman–Crippen MR) is 104 cm³/mol. The molecule has 0 aliphatic heterocycles. The van der Waals surface area contributed by atoms with E-state index < -0.39 is 35.8 Å². The highest BCUT2D eigenvalue weighted by molar-refractivity contribution is 6.02. The molecule has 2 aromatic rings. The van der Waals surface area contributed by atoms with Gasteiger partial charge in [0.05, 0.1) is 23.9 Å². The van der Waals surface area contributed by atoms with E-state index in [1.807, 2.05) is 0 Å². The van der Waals surface area contributed by atoms with E-state index in [0.717, 1.165) is 18.9 Å². The van der Waals surface area contributed by atoms with Gasteiger partial charge in [0.1, 0.15) is 17.2 Å². The maximum absolute atomic E-state index is 14.1. The molecule has 0 radical (unpaired) electrons. The number of hydrogen-bond donors (Lipinski definition) is 4. The third-order valence-electron chi connectivity index (χ3n) is 4.83. The first-order chi connectivity index (χ1) is 14.0. The van der Waals surface area contributed by atoms with Crippen molar-refractivity contribution in [2.24, 2.45) is 5.92 Å². The van der Waals surface area contributed by atoms with Crippen molar-refractivity contribution in [3.63, 3.8) is 0 Å². The van der Waals surface area contributed by atoms with E-state index in [4.69, 9.17) is 5.41 Å². The molecule has 0 saturated heterocycles. The summed E-state index contributed by atoms with van der Waals surface area (Å²) in [6.07, 6.45) is -3.28. The number of hydrogen-bond acceptors (Lipinski definition) is 6. The number of aromatic amines is 1. The Morgan fingerprint density at radius 1 is 1.40 bits per heavy atom. The van der Waals surface area contributed by atoms with E-state index in [1.54, 1.807) is 14.1 Å². The molecule has 3 rings (SSSR count). The lowest BCUT2D eigenvalue weighted by Crippen LogP contribution is -2.28. The van der Waals surface area contributed by atoms with Crippen molar-refractivity contribution in [2.45, 2.75) is 25.1 Å². The lowest BCUT2D eigenvalue weighted by molar-refractivity contribution is -0.140. The molecule has 1 aliphatic carbocycles. The minimum atomic E-state index is -4.80. The van der Waals surface area contributed by atoms with Crippen molar-refractivity contribution in [1.29, 1.82) is 5.41 Å². The Balaban J connectivity index is 2.05. The van der Waals surface area contributed by atoms with Crippen LogP contribution < -0.4 is 15.8 Å². The fourth-order valence-electron chi connectivity index (χ4n) is 3.14. The molecular weight excluding hydrogens is 406 g/mol. The third kappa shape index (κ3) is 4.45. The second-order valence-corrected chi connectivity index (χ2v) is 7.34. The predicted octanol–water partition coefficient (Wildman–Crippen LogP) is 2.92. The first kappa shape index (κ1) is 21.8. The summed E-state index contributed by atoms with van der Waals surface area (Å²) < 4.78 is 52.8. The second-order valence-electron chi connectivity index (χ2n) is 7.34. The summed E-state index contributed by atoms with van der Waals surface area (Å²) in [7, 11) is 3.28. The van der Waals surface area contributed by atoms with Crippen molar-refractivity contribution in [2.75, 3.05) is 30.9 Å². The molecule has 0 spiro atoms. The minimum Gasteiger partial charge on any atom is -0.390 e. The van der Waals surface area contributed by atoms with E-state index in [2.05, 4.69) is 15.3 Å². The molecule has 1 aliphatic rings. The molecule has 162 valence electrons. The molecule has 7 nitrogen and oxygen atoms in total. The summed E-state index contributed by atoms with van der Waals surface area (Å²) >= 11 is 0. The highest BCUT2D eigenvalue weighted by Crippen LogP contribution is 2.44. The normalized spacial score (nSPS) is 15.0. The van der Waals surface area contributed by atoms with Gasteiger partial charge in [0, 0.05) is 14.1 Å². The summed E-state index contributed by atoms with van der Waals surface area (Å²) in [4.78, 5) is 20.8. The van der Waals surface area contributed by atoms with Gasteiger partial charge in [0.25, 0.3) is 5.56 Å². The number of aliphatic hydroxyl groups excluding tert-OH is 1. The molecule has 0 amide bonds. The highest BCUT2D eigenvalue weighted by Gasteiger charge is 2.37. The Morgan fingerprint density at radius 2 is 2.07 bits per heavy atom. The van der Waals surface area contributed by atoms with E-state index in [-0.39, 0.29) is 34.5 Å². The van der Waals surface area contributed by atoms with Gasteiger partial charge in [-0.3, -0.25) is 9.78 Å². The fraction of sp³-hybridized carbons (Fsp3) is 0.421. The summed E-state index contributed by atoms with van der Waals surface area (Å²) in [5.74, 6) is -1.20. The summed E-state index contributed by atoms with van der Waals surface area (Å²) in [6.45, 7) is -0.705. The summed E-state index contributed by atoms with van der Waals surface area (Å²) in [6, 6.07) is 2.10. The Morgan fingerprint density at radius 3 is 2.57 bits per heavy atom. The van der Waals surface area contributed by atoms with Gasteiger partial charge in [-0.1, -0.05) is 6.07 Å². The lowest BCUT2D eigenvalue weighted by atomic mass is 9.99. The zero-order valence-electron chi connectivity index (χ0n) is 16.3. The van der Waals surface area contributed by atoms with Crippen LogP contribution in [0.15, 0.2) is 23.0 Å². The van der Waals surface area contributed by atoms with Crippen LogP contribution >= 0.6 is 0 Å². The van der Waals surface area contributed by atoms with E-state index in [9.17, 15) is 27.5 Å². The molecule has 1 atom stereocenters. The van der Waals surface area contributed by atoms with Crippen LogP contribution in [-0.4, -0.2) is 41.5 Å². The quantitative estimate of drug-likeness (QED) is 0.402. The smallest absolute Gasteiger partial charge is 0.390 e. The zero-order chi connectivity index (χ0) is 22.2. The highest BCUT2D eigenvalue weighted by atomic mass is 19.4. The number of benzene rings is 1. The summed E-state index contributed by atoms with van der Waals surface area (Å²) in [5.41, 5.74) is -2.28. The minimum absolute atomic E-state index is 0.00110. The Bertz CT molecular complexity index is 1010. The standard InChI is InChI=1S/C19H21F4N5O2/c1-28(2)18-26-16(14(13(24)8-29)17(30)27-18)25-15(9-3-4-9)10-5-6-11(12(20)7-10)19(21,22)23/h5-7,9,15,24,29H,3-4,8H2,1-2H3,(H2,25,26,27,30). The molecule has 30 heavy (non-hydrogen) atoms. The van der Waals surface area contributed by atoms with Gasteiger partial charge in [0.15, 0.2) is 0 Å². The number of nitrogens with one attached hydrogen (secondary N) is 3. The second kappa shape index (κ2) is 8.05. The Hall–Kier alpha value is -2.95. The van der Waals surface area contributed by atoms with Crippen LogP contribution in [0, 0.1) is 17.1 Å². The first-order valence-corrected chi connectivity index (χ1v) is 9.16. The number of nitrogens with zero attached hydrogens (tertiary/aromatic N) is 2. The average molecular weight is 427 g/mol. The van der Waals surface area contributed by atoms with Gasteiger partial charge in [-0.15, -0.1) is 0 Å². The van der Waals surface area contributed by atoms with Crippen molar-refractivity contribution in [3.8, 4) is 0 Å². The molecule has 1 heterocycles. The van der Waals surface area contributed by atoms with Crippen molar-refractivity contribution in [3.05, 3.63) is 51.1 Å². The summed E-state index contributed by atoms with van der Waals surface area (Å²) in [5, 5.41) is 20.2. The number of rotatable bonds is 7. The number of aromatic nitrogens is 2. The number of aliphatic hydroxyl groups is 1. The fourth-order valence-corrected chi connectivity index (χ4v) is 3.14. The maximum atomic E-state index is 14.1. The van der Waals surface area contributed by atoms with Crippen molar-refractivity contribution >= 4 is 17.5 Å². The van der Waals surface area contributed by atoms with Crippen LogP contribution in [0.1, 0.15) is 35.6 Å². The SMILES string of the molecule is CN(C)c1nc(NC(c2ccc(C(F)(F)F)c(F)c2)C2CC2)c(C(=N)CO)c(=O)[nH]1. The molecule has 11 heteroatoms. The van der Waals surface area contributed by atoms with Crippen LogP contribution in [0.5, 0.6) is 0 Å². The van der Waals surface area contributed by atoms with Gasteiger partial charge in [-0.05, 0) is 36.5 Å². The van der Waals surface area contributed by atoms with E-state index >= 15 is 0 Å². The third-order valence-corrected chi connectivity index (χ3v) is 4.83. The number of H-pyrrole nitrogens is 1. The van der Waals surface area contributed by atoms with Crippen LogP contribution in [-0.2, 0) is 6.18 Å². The molecule has 1 unspecified atom stereocenters. The Labute approximate surface area is 169 Å². The maximum Gasteiger partial charge on any atom is 0.419 e.